The third kappa shape index (κ3) is 2.88. The molecule has 1 unspecified atom stereocenters. The Bertz CT molecular complexity index is 904. The number of fused-ring (bicyclic) bond motifs is 1. The van der Waals surface area contributed by atoms with Crippen LogP contribution in [0.4, 0.5) is 0 Å². The SMILES string of the molecule is C1=CC(NC2CC=c3occ(-c4ccccc4)c3=N2)=CC=NC1. The quantitative estimate of drug-likeness (QED) is 0.945. The van der Waals surface area contributed by atoms with E-state index in [4.69, 9.17) is 9.41 Å². The van der Waals surface area contributed by atoms with Gasteiger partial charge in [-0.1, -0.05) is 36.4 Å². The number of allylic oxidation sites excluding steroid dienone is 2. The molecular formula is C19H17N3O. The number of nitrogens with one attached hydrogen (secondary N) is 1. The van der Waals surface area contributed by atoms with Gasteiger partial charge in [-0.05, 0) is 23.8 Å². The lowest BCUT2D eigenvalue weighted by atomic mass is 10.1. The van der Waals surface area contributed by atoms with Gasteiger partial charge in [0.1, 0.15) is 23.2 Å². The highest BCUT2D eigenvalue weighted by atomic mass is 16.3. The number of benzene rings is 1. The van der Waals surface area contributed by atoms with Crippen LogP contribution in [-0.2, 0) is 0 Å². The average molecular weight is 303 g/mol. The third-order valence-electron chi connectivity index (χ3n) is 3.89. The molecule has 0 fully saturated rings. The Morgan fingerprint density at radius 3 is 3.00 bits per heavy atom. The van der Waals surface area contributed by atoms with Crippen LogP contribution >= 0.6 is 0 Å². The van der Waals surface area contributed by atoms with Crippen LogP contribution in [0.3, 0.4) is 0 Å². The Morgan fingerprint density at radius 1 is 1.17 bits per heavy atom. The standard InChI is InChI=1S/C19H17N3O/c1-2-5-14(6-3-1)16-13-23-17-8-9-18(22-19(16)17)21-15-7-4-11-20-12-10-15/h1-8,10,12-13,18,21H,9,11H2. The predicted octanol–water partition coefficient (Wildman–Crippen LogP) is 2.19. The van der Waals surface area contributed by atoms with Crippen molar-refractivity contribution in [3.8, 4) is 11.1 Å². The number of furan rings is 1. The highest BCUT2D eigenvalue weighted by Crippen LogP contribution is 2.15. The van der Waals surface area contributed by atoms with Crippen LogP contribution in [0.15, 0.2) is 74.9 Å². The minimum Gasteiger partial charge on any atom is -0.462 e. The first-order valence-electron chi connectivity index (χ1n) is 7.74. The van der Waals surface area contributed by atoms with Crippen molar-refractivity contribution in [3.05, 3.63) is 71.3 Å². The number of rotatable bonds is 3. The van der Waals surface area contributed by atoms with Gasteiger partial charge in [-0.25, -0.2) is 0 Å². The number of hydrogen-bond donors (Lipinski definition) is 1. The molecule has 4 heteroatoms. The molecule has 1 aromatic carbocycles. The van der Waals surface area contributed by atoms with Gasteiger partial charge in [0.15, 0.2) is 0 Å². The minimum atomic E-state index is 0.00459. The Morgan fingerprint density at radius 2 is 2.09 bits per heavy atom. The van der Waals surface area contributed by atoms with E-state index in [0.29, 0.717) is 0 Å². The molecule has 0 aliphatic carbocycles. The van der Waals surface area contributed by atoms with Crippen LogP contribution in [-0.4, -0.2) is 18.9 Å². The summed E-state index contributed by atoms with van der Waals surface area (Å²) in [6.45, 7) is 0.722. The molecule has 0 saturated heterocycles. The smallest absolute Gasteiger partial charge is 0.148 e. The largest absolute Gasteiger partial charge is 0.462 e. The summed E-state index contributed by atoms with van der Waals surface area (Å²) in [5, 5.41) is 4.37. The van der Waals surface area contributed by atoms with Gasteiger partial charge in [-0.3, -0.25) is 9.98 Å². The molecule has 1 N–H and O–H groups in total. The van der Waals surface area contributed by atoms with Crippen LogP contribution in [0, 0.1) is 0 Å². The summed E-state index contributed by atoms with van der Waals surface area (Å²) in [6, 6.07) is 10.2. The van der Waals surface area contributed by atoms with Gasteiger partial charge in [0.05, 0.1) is 6.54 Å². The lowest BCUT2D eigenvalue weighted by molar-refractivity contribution is 0.509. The van der Waals surface area contributed by atoms with Gasteiger partial charge in [-0.2, -0.15) is 0 Å². The molecule has 4 rings (SSSR count). The Labute approximate surface area is 134 Å². The Hall–Kier alpha value is -2.88. The van der Waals surface area contributed by atoms with Crippen molar-refractivity contribution >= 4 is 12.3 Å². The van der Waals surface area contributed by atoms with Crippen LogP contribution in [0.1, 0.15) is 6.42 Å². The third-order valence-corrected chi connectivity index (χ3v) is 3.89. The zero-order valence-electron chi connectivity index (χ0n) is 12.6. The predicted molar refractivity (Wildman–Crippen MR) is 91.5 cm³/mol. The van der Waals surface area contributed by atoms with Gasteiger partial charge in [-0.15, -0.1) is 0 Å². The molecule has 0 spiro atoms. The molecule has 23 heavy (non-hydrogen) atoms. The fourth-order valence-electron chi connectivity index (χ4n) is 2.76. The summed E-state index contributed by atoms with van der Waals surface area (Å²) in [4.78, 5) is 9.07. The van der Waals surface area contributed by atoms with E-state index in [-0.39, 0.29) is 6.17 Å². The van der Waals surface area contributed by atoms with Gasteiger partial charge in [0.25, 0.3) is 0 Å². The van der Waals surface area contributed by atoms with E-state index in [2.05, 4.69) is 28.5 Å². The lowest BCUT2D eigenvalue weighted by Gasteiger charge is -2.16. The van der Waals surface area contributed by atoms with E-state index in [0.717, 1.165) is 40.6 Å². The molecule has 0 saturated carbocycles. The first kappa shape index (κ1) is 13.8. The van der Waals surface area contributed by atoms with E-state index in [1.54, 1.807) is 6.26 Å². The highest BCUT2D eigenvalue weighted by molar-refractivity contribution is 5.73. The second-order valence-corrected chi connectivity index (χ2v) is 5.50. The summed E-state index contributed by atoms with van der Waals surface area (Å²) in [6.07, 6.45) is 12.6. The second-order valence-electron chi connectivity index (χ2n) is 5.50. The molecule has 114 valence electrons. The number of nitrogens with zero attached hydrogens (tertiary/aromatic N) is 2. The molecule has 2 aliphatic heterocycles. The van der Waals surface area contributed by atoms with Crippen molar-refractivity contribution in [1.29, 1.82) is 0 Å². The second kappa shape index (κ2) is 6.08. The molecule has 1 atom stereocenters. The molecule has 1 aromatic heterocycles. The van der Waals surface area contributed by atoms with E-state index < -0.39 is 0 Å². The maximum Gasteiger partial charge on any atom is 0.148 e. The average Bonchev–Trinajstić information content (AvgIpc) is 2.84. The zero-order chi connectivity index (χ0) is 15.5. The molecule has 3 heterocycles. The topological polar surface area (TPSA) is 49.9 Å². The Kier molecular flexibility index (Phi) is 3.64. The zero-order valence-corrected chi connectivity index (χ0v) is 12.6. The molecule has 0 bridgehead atoms. The minimum absolute atomic E-state index is 0.00459. The first-order valence-corrected chi connectivity index (χ1v) is 7.74. The maximum atomic E-state index is 5.67. The van der Waals surface area contributed by atoms with E-state index in [1.807, 2.05) is 42.6 Å². The molecule has 2 aliphatic rings. The van der Waals surface area contributed by atoms with Gasteiger partial charge in [0.2, 0.25) is 0 Å². The normalized spacial score (nSPS) is 19.1. The fourth-order valence-corrected chi connectivity index (χ4v) is 2.76. The van der Waals surface area contributed by atoms with Crippen molar-refractivity contribution in [3.63, 3.8) is 0 Å². The van der Waals surface area contributed by atoms with Crippen LogP contribution in [0.25, 0.3) is 17.2 Å². The van der Waals surface area contributed by atoms with Crippen molar-refractivity contribution in [2.24, 2.45) is 9.98 Å². The van der Waals surface area contributed by atoms with Crippen molar-refractivity contribution in [2.45, 2.75) is 12.6 Å². The fraction of sp³-hybridized carbons (Fsp3) is 0.158. The highest BCUT2D eigenvalue weighted by Gasteiger charge is 2.14. The van der Waals surface area contributed by atoms with Crippen molar-refractivity contribution in [2.75, 3.05) is 6.54 Å². The van der Waals surface area contributed by atoms with E-state index in [9.17, 15) is 0 Å². The Balaban J connectivity index is 1.67. The monoisotopic (exact) mass is 303 g/mol. The number of aliphatic imine (C=N–C) groups is 1. The van der Waals surface area contributed by atoms with Crippen molar-refractivity contribution < 1.29 is 4.42 Å². The van der Waals surface area contributed by atoms with Gasteiger partial charge < -0.3 is 9.73 Å². The van der Waals surface area contributed by atoms with Crippen LogP contribution in [0.2, 0.25) is 0 Å². The van der Waals surface area contributed by atoms with E-state index >= 15 is 0 Å². The summed E-state index contributed by atoms with van der Waals surface area (Å²) >= 11 is 0. The van der Waals surface area contributed by atoms with Crippen LogP contribution in [0.5, 0.6) is 0 Å². The van der Waals surface area contributed by atoms with Crippen LogP contribution < -0.4 is 16.1 Å². The maximum absolute atomic E-state index is 5.67. The summed E-state index contributed by atoms with van der Waals surface area (Å²) in [7, 11) is 0. The van der Waals surface area contributed by atoms with Crippen molar-refractivity contribution in [1.82, 2.24) is 5.32 Å². The van der Waals surface area contributed by atoms with E-state index in [1.165, 1.54) is 0 Å². The van der Waals surface area contributed by atoms with Gasteiger partial charge >= 0.3 is 0 Å². The molecular weight excluding hydrogens is 286 g/mol. The molecule has 4 nitrogen and oxygen atoms in total. The summed E-state index contributed by atoms with van der Waals surface area (Å²) in [5.74, 6) is 0. The molecule has 0 amide bonds. The molecule has 2 aromatic rings. The summed E-state index contributed by atoms with van der Waals surface area (Å²) in [5.41, 5.74) is 4.04. The molecule has 0 radical (unpaired) electrons. The summed E-state index contributed by atoms with van der Waals surface area (Å²) < 4.78 is 5.67. The lowest BCUT2D eigenvalue weighted by Crippen LogP contribution is -2.36. The van der Waals surface area contributed by atoms with Gasteiger partial charge in [0, 0.05) is 23.9 Å². The first-order chi connectivity index (χ1) is 11.4. The number of hydrogen-bond acceptors (Lipinski definition) is 4.